The molecular weight excluding hydrogens is 328 g/mol. The normalized spacial score (nSPS) is 22.0. The van der Waals surface area contributed by atoms with E-state index < -0.39 is 10.0 Å². The summed E-state index contributed by atoms with van der Waals surface area (Å²) in [5, 5.41) is 3.30. The van der Waals surface area contributed by atoms with Gasteiger partial charge in [-0.2, -0.15) is 0 Å². The minimum Gasteiger partial charge on any atom is -0.379 e. The highest BCUT2D eigenvalue weighted by Crippen LogP contribution is 2.18. The molecule has 8 heteroatoms. The third-order valence-electron chi connectivity index (χ3n) is 3.58. The van der Waals surface area contributed by atoms with Crippen LogP contribution >= 0.6 is 11.6 Å². The van der Waals surface area contributed by atoms with Gasteiger partial charge in [-0.05, 0) is 18.2 Å². The molecule has 6 nitrogen and oxygen atoms in total. The van der Waals surface area contributed by atoms with E-state index in [9.17, 15) is 13.2 Å². The van der Waals surface area contributed by atoms with Crippen molar-refractivity contribution < 1.29 is 17.9 Å². The minimum atomic E-state index is -3.34. The lowest BCUT2D eigenvalue weighted by Crippen LogP contribution is -2.43. The molecule has 1 aliphatic heterocycles. The number of nitrogens with one attached hydrogen (secondary N) is 1. The summed E-state index contributed by atoms with van der Waals surface area (Å²) in [4.78, 5) is 12.2. The van der Waals surface area contributed by atoms with Crippen LogP contribution in [0.3, 0.4) is 0 Å². The van der Waals surface area contributed by atoms with Gasteiger partial charge >= 0.3 is 0 Å². The Kier molecular flexibility index (Phi) is 5.44. The molecule has 0 aliphatic carbocycles. The van der Waals surface area contributed by atoms with Crippen molar-refractivity contribution in [2.24, 2.45) is 5.92 Å². The summed E-state index contributed by atoms with van der Waals surface area (Å²) in [7, 11) is -0.359. The fourth-order valence-corrected chi connectivity index (χ4v) is 3.58. The van der Waals surface area contributed by atoms with Gasteiger partial charge in [0.2, 0.25) is 10.0 Å². The van der Waals surface area contributed by atoms with Crippen LogP contribution in [0.4, 0.5) is 0 Å². The first-order valence-corrected chi connectivity index (χ1v) is 8.82. The third kappa shape index (κ3) is 4.19. The van der Waals surface area contributed by atoms with Gasteiger partial charge in [-0.3, -0.25) is 4.79 Å². The summed E-state index contributed by atoms with van der Waals surface area (Å²) >= 11 is 5.87. The quantitative estimate of drug-likeness (QED) is 0.862. The van der Waals surface area contributed by atoms with Gasteiger partial charge in [-0.25, -0.2) is 12.7 Å². The molecule has 2 atom stereocenters. The topological polar surface area (TPSA) is 75.7 Å². The first-order chi connectivity index (χ1) is 10.3. The molecule has 22 heavy (non-hydrogen) atoms. The maximum Gasteiger partial charge on any atom is 0.251 e. The van der Waals surface area contributed by atoms with Crippen LogP contribution in [0.25, 0.3) is 0 Å². The summed E-state index contributed by atoms with van der Waals surface area (Å²) in [5.74, 6) is -0.610. The number of sulfonamides is 1. The second-order valence-corrected chi connectivity index (χ2v) is 8.11. The van der Waals surface area contributed by atoms with E-state index in [1.165, 1.54) is 18.4 Å². The molecule has 2 rings (SSSR count). The molecule has 1 aromatic carbocycles. The molecule has 0 spiro atoms. The zero-order chi connectivity index (χ0) is 16.3. The third-order valence-corrected chi connectivity index (χ3v) is 5.78. The number of amides is 1. The first kappa shape index (κ1) is 17.2. The maximum atomic E-state index is 12.2. The monoisotopic (exact) mass is 346 g/mol. The van der Waals surface area contributed by atoms with Crippen molar-refractivity contribution in [1.29, 1.82) is 0 Å². The second kappa shape index (κ2) is 6.95. The molecule has 1 amide bonds. The average Bonchev–Trinajstić information content (AvgIpc) is 2.85. The smallest absolute Gasteiger partial charge is 0.251 e. The van der Waals surface area contributed by atoms with E-state index in [2.05, 4.69) is 5.32 Å². The van der Waals surface area contributed by atoms with Crippen LogP contribution in [-0.4, -0.2) is 57.7 Å². The predicted octanol–water partition coefficient (Wildman–Crippen LogP) is 0.976. The van der Waals surface area contributed by atoms with Crippen molar-refractivity contribution in [2.45, 2.75) is 6.04 Å². The first-order valence-electron chi connectivity index (χ1n) is 6.84. The van der Waals surface area contributed by atoms with Crippen LogP contribution in [0.5, 0.6) is 0 Å². The molecule has 1 aliphatic rings. The lowest BCUT2D eigenvalue weighted by molar-refractivity contribution is 0.0926. The Hall–Kier alpha value is -1.15. The predicted molar refractivity (Wildman–Crippen MR) is 84.5 cm³/mol. The Morgan fingerprint density at radius 1 is 1.41 bits per heavy atom. The summed E-state index contributed by atoms with van der Waals surface area (Å²) in [6.45, 7) is 0.619. The number of rotatable bonds is 5. The van der Waals surface area contributed by atoms with Gasteiger partial charge in [0.15, 0.2) is 0 Å². The number of carbonyl (C=O) groups excluding carboxylic acids is 1. The fraction of sp³-hybridized carbons (Fsp3) is 0.500. The number of hydrogen-bond donors (Lipinski definition) is 1. The summed E-state index contributed by atoms with van der Waals surface area (Å²) in [6, 6.07) is 6.27. The summed E-state index contributed by atoms with van der Waals surface area (Å²) in [6.07, 6.45) is 0. The van der Waals surface area contributed by atoms with Gasteiger partial charge in [-0.1, -0.05) is 17.7 Å². The van der Waals surface area contributed by atoms with Crippen molar-refractivity contribution >= 4 is 27.5 Å². The maximum absolute atomic E-state index is 12.2. The summed E-state index contributed by atoms with van der Waals surface area (Å²) in [5.41, 5.74) is 0.439. The molecule has 1 aromatic rings. The second-order valence-electron chi connectivity index (χ2n) is 5.45. The van der Waals surface area contributed by atoms with Gasteiger partial charge in [0.1, 0.15) is 0 Å². The number of hydrogen-bond acceptors (Lipinski definition) is 4. The van der Waals surface area contributed by atoms with E-state index in [0.29, 0.717) is 23.8 Å². The molecule has 0 bridgehead atoms. The molecule has 0 saturated carbocycles. The number of nitrogens with zero attached hydrogens (tertiary/aromatic N) is 1. The number of halogens is 1. The fourth-order valence-electron chi connectivity index (χ4n) is 2.22. The molecule has 1 saturated heterocycles. The number of benzene rings is 1. The zero-order valence-electron chi connectivity index (χ0n) is 12.5. The highest BCUT2D eigenvalue weighted by atomic mass is 35.5. The Labute approximate surface area is 135 Å². The molecule has 0 unspecified atom stereocenters. The van der Waals surface area contributed by atoms with Crippen LogP contribution < -0.4 is 5.32 Å². The van der Waals surface area contributed by atoms with E-state index >= 15 is 0 Å². The van der Waals surface area contributed by atoms with Crippen LogP contribution in [0.15, 0.2) is 24.3 Å². The van der Waals surface area contributed by atoms with Crippen LogP contribution in [-0.2, 0) is 14.8 Å². The molecule has 1 fully saturated rings. The van der Waals surface area contributed by atoms with Crippen LogP contribution in [0.2, 0.25) is 5.02 Å². The largest absolute Gasteiger partial charge is 0.379 e. The lowest BCUT2D eigenvalue weighted by Gasteiger charge is -2.21. The molecule has 1 N–H and O–H groups in total. The zero-order valence-corrected chi connectivity index (χ0v) is 14.0. The van der Waals surface area contributed by atoms with E-state index in [-0.39, 0.29) is 23.6 Å². The standard InChI is InChI=1S/C14H19ClN2O4S/c1-17(2)22(19,20)9-11-7-21-8-13(11)16-14(18)10-4-3-5-12(15)6-10/h3-6,11,13H,7-9H2,1-2H3,(H,16,18)/t11-,13+/m0/s1. The van der Waals surface area contributed by atoms with E-state index in [0.717, 1.165) is 0 Å². The lowest BCUT2D eigenvalue weighted by atomic mass is 10.1. The van der Waals surface area contributed by atoms with E-state index in [4.69, 9.17) is 16.3 Å². The minimum absolute atomic E-state index is 0.0551. The van der Waals surface area contributed by atoms with Crippen molar-refractivity contribution in [1.82, 2.24) is 9.62 Å². The SMILES string of the molecule is CN(C)S(=O)(=O)C[C@@H]1COC[C@H]1NC(=O)c1cccc(Cl)c1. The Balaban J connectivity index is 2.04. The van der Waals surface area contributed by atoms with Gasteiger partial charge < -0.3 is 10.1 Å². The number of ether oxygens (including phenoxy) is 1. The molecular formula is C14H19ClN2O4S. The van der Waals surface area contributed by atoms with Gasteiger partial charge in [-0.15, -0.1) is 0 Å². The molecule has 122 valence electrons. The van der Waals surface area contributed by atoms with E-state index in [1.807, 2.05) is 0 Å². The van der Waals surface area contributed by atoms with Crippen molar-refractivity contribution in [3.05, 3.63) is 34.9 Å². The van der Waals surface area contributed by atoms with Crippen LogP contribution in [0, 0.1) is 5.92 Å². The Morgan fingerprint density at radius 2 is 2.14 bits per heavy atom. The van der Waals surface area contributed by atoms with Crippen molar-refractivity contribution in [2.75, 3.05) is 33.1 Å². The highest BCUT2D eigenvalue weighted by Gasteiger charge is 2.34. The van der Waals surface area contributed by atoms with Gasteiger partial charge in [0.25, 0.3) is 5.91 Å². The van der Waals surface area contributed by atoms with Gasteiger partial charge in [0.05, 0.1) is 25.0 Å². The van der Waals surface area contributed by atoms with Crippen LogP contribution in [0.1, 0.15) is 10.4 Å². The molecule has 0 aromatic heterocycles. The van der Waals surface area contributed by atoms with Crippen molar-refractivity contribution in [3.8, 4) is 0 Å². The number of carbonyl (C=O) groups is 1. The average molecular weight is 347 g/mol. The molecule has 1 heterocycles. The molecule has 0 radical (unpaired) electrons. The van der Waals surface area contributed by atoms with Crippen molar-refractivity contribution in [3.63, 3.8) is 0 Å². The highest BCUT2D eigenvalue weighted by molar-refractivity contribution is 7.89. The van der Waals surface area contributed by atoms with Gasteiger partial charge in [0, 0.05) is 30.6 Å². The Morgan fingerprint density at radius 3 is 2.77 bits per heavy atom. The van der Waals surface area contributed by atoms with E-state index in [1.54, 1.807) is 24.3 Å². The summed E-state index contributed by atoms with van der Waals surface area (Å²) < 4.78 is 30.5. The Bertz CT molecular complexity index is 648.